The van der Waals surface area contributed by atoms with Gasteiger partial charge in [0.25, 0.3) is 5.91 Å². The largest absolute Gasteiger partial charge is 0.465 e. The molecule has 2 heterocycles. The molecule has 2 aromatic carbocycles. The fraction of sp³-hybridized carbons (Fsp3) is 0.360. The maximum Gasteiger partial charge on any atom is 0.338 e. The molecule has 3 amide bonds. The van der Waals surface area contributed by atoms with Crippen molar-refractivity contribution in [2.75, 3.05) is 23.9 Å². The van der Waals surface area contributed by atoms with Crippen LogP contribution in [-0.2, 0) is 14.3 Å². The van der Waals surface area contributed by atoms with Crippen LogP contribution in [0.15, 0.2) is 36.4 Å². The third-order valence-corrected chi connectivity index (χ3v) is 6.66. The minimum Gasteiger partial charge on any atom is -0.465 e. The summed E-state index contributed by atoms with van der Waals surface area (Å²) in [5, 5.41) is 2.82. The van der Waals surface area contributed by atoms with Crippen molar-refractivity contribution in [3.8, 4) is 0 Å². The number of carbonyl (C=O) groups excluding carboxylic acids is 4. The van der Waals surface area contributed by atoms with Crippen LogP contribution >= 0.6 is 0 Å². The molecule has 1 fully saturated rings. The van der Waals surface area contributed by atoms with Crippen molar-refractivity contribution >= 4 is 35.1 Å². The summed E-state index contributed by atoms with van der Waals surface area (Å²) in [7, 11) is 1.31. The Bertz CT molecular complexity index is 1170. The van der Waals surface area contributed by atoms with Gasteiger partial charge in [0.05, 0.1) is 23.9 Å². The standard InChI is InChI=1S/C25H27N3O5/c1-15-13-17(14-19(16(15)2)24(32)33-4)26-21(29)10-12-27-23(31)18-7-5-6-8-20(18)28-22(30)9-11-25(27,28)3/h5-8,13-14H,9-12H2,1-4H3,(H,26,29). The van der Waals surface area contributed by atoms with Gasteiger partial charge in [-0.1, -0.05) is 12.1 Å². The number of methoxy groups -OCH3 is 1. The zero-order valence-electron chi connectivity index (χ0n) is 19.2. The number of hydrogen-bond donors (Lipinski definition) is 1. The van der Waals surface area contributed by atoms with E-state index in [1.54, 1.807) is 40.1 Å². The highest BCUT2D eigenvalue weighted by atomic mass is 16.5. The van der Waals surface area contributed by atoms with Crippen LogP contribution in [0.2, 0.25) is 0 Å². The number of hydrogen-bond acceptors (Lipinski definition) is 5. The van der Waals surface area contributed by atoms with Gasteiger partial charge < -0.3 is 15.0 Å². The van der Waals surface area contributed by atoms with E-state index < -0.39 is 11.6 Å². The van der Waals surface area contributed by atoms with Crippen molar-refractivity contribution in [3.63, 3.8) is 0 Å². The van der Waals surface area contributed by atoms with Gasteiger partial charge in [-0.15, -0.1) is 0 Å². The van der Waals surface area contributed by atoms with Gasteiger partial charge in [0.1, 0.15) is 5.66 Å². The second kappa shape index (κ2) is 8.35. The van der Waals surface area contributed by atoms with Gasteiger partial charge >= 0.3 is 5.97 Å². The minimum absolute atomic E-state index is 0.0302. The van der Waals surface area contributed by atoms with Gasteiger partial charge in [0, 0.05) is 25.1 Å². The molecule has 33 heavy (non-hydrogen) atoms. The molecular formula is C25H27N3O5. The molecule has 1 atom stereocenters. The Hall–Kier alpha value is -3.68. The average Bonchev–Trinajstić information content (AvgIpc) is 3.10. The molecule has 0 bridgehead atoms. The summed E-state index contributed by atoms with van der Waals surface area (Å²) in [5.74, 6) is -0.980. The first-order valence-electron chi connectivity index (χ1n) is 10.9. The van der Waals surface area contributed by atoms with E-state index >= 15 is 0 Å². The van der Waals surface area contributed by atoms with Crippen LogP contribution < -0.4 is 10.2 Å². The van der Waals surface area contributed by atoms with Gasteiger partial charge in [-0.2, -0.15) is 0 Å². The molecule has 1 saturated heterocycles. The summed E-state index contributed by atoms with van der Waals surface area (Å²) < 4.78 is 4.83. The molecule has 0 aliphatic carbocycles. The Balaban J connectivity index is 1.53. The lowest BCUT2D eigenvalue weighted by atomic mass is 9.98. The molecular weight excluding hydrogens is 422 g/mol. The number of amides is 3. The summed E-state index contributed by atoms with van der Waals surface area (Å²) in [6.07, 6.45) is 0.902. The Morgan fingerprint density at radius 1 is 1.15 bits per heavy atom. The Morgan fingerprint density at radius 2 is 1.88 bits per heavy atom. The molecule has 2 aliphatic rings. The van der Waals surface area contributed by atoms with Crippen LogP contribution in [0, 0.1) is 13.8 Å². The molecule has 0 aromatic heterocycles. The molecule has 172 valence electrons. The topological polar surface area (TPSA) is 96.0 Å². The molecule has 1 unspecified atom stereocenters. The molecule has 0 saturated carbocycles. The number of benzene rings is 2. The number of anilines is 2. The zero-order valence-corrected chi connectivity index (χ0v) is 19.2. The van der Waals surface area contributed by atoms with Crippen molar-refractivity contribution < 1.29 is 23.9 Å². The predicted octanol–water partition coefficient (Wildman–Crippen LogP) is 3.42. The van der Waals surface area contributed by atoms with E-state index in [0.717, 1.165) is 11.1 Å². The lowest BCUT2D eigenvalue weighted by Gasteiger charge is -2.48. The Labute approximate surface area is 192 Å². The first kappa shape index (κ1) is 22.5. The molecule has 0 spiro atoms. The van der Waals surface area contributed by atoms with Crippen LogP contribution in [0.25, 0.3) is 0 Å². The van der Waals surface area contributed by atoms with E-state index in [2.05, 4.69) is 5.32 Å². The van der Waals surface area contributed by atoms with Crippen LogP contribution in [0.3, 0.4) is 0 Å². The molecule has 8 heteroatoms. The Morgan fingerprint density at radius 3 is 2.61 bits per heavy atom. The first-order valence-corrected chi connectivity index (χ1v) is 10.9. The summed E-state index contributed by atoms with van der Waals surface area (Å²) in [4.78, 5) is 54.1. The summed E-state index contributed by atoms with van der Waals surface area (Å²) in [5.41, 5.74) is 2.80. The van der Waals surface area contributed by atoms with Crippen molar-refractivity contribution in [1.29, 1.82) is 0 Å². The van der Waals surface area contributed by atoms with Crippen LogP contribution in [0.4, 0.5) is 11.4 Å². The number of nitrogens with zero attached hydrogens (tertiary/aromatic N) is 2. The minimum atomic E-state index is -0.804. The van der Waals surface area contributed by atoms with Crippen molar-refractivity contribution in [2.45, 2.75) is 45.7 Å². The van der Waals surface area contributed by atoms with E-state index in [9.17, 15) is 19.2 Å². The predicted molar refractivity (Wildman–Crippen MR) is 123 cm³/mol. The third kappa shape index (κ3) is 3.75. The van der Waals surface area contributed by atoms with Gasteiger partial charge in [-0.25, -0.2) is 4.79 Å². The van der Waals surface area contributed by atoms with Gasteiger partial charge in [-0.05, 0) is 62.6 Å². The summed E-state index contributed by atoms with van der Waals surface area (Å²) in [6.45, 7) is 5.71. The lowest BCUT2D eigenvalue weighted by Crippen LogP contribution is -2.62. The normalized spacial score (nSPS) is 19.3. The number of fused-ring (bicyclic) bond motifs is 3. The van der Waals surface area contributed by atoms with Gasteiger partial charge in [0.15, 0.2) is 0 Å². The van der Waals surface area contributed by atoms with E-state index in [1.165, 1.54) is 7.11 Å². The highest BCUT2D eigenvalue weighted by Gasteiger charge is 2.52. The number of aryl methyl sites for hydroxylation is 1. The number of ether oxygens (including phenoxy) is 1. The van der Waals surface area contributed by atoms with Gasteiger partial charge in [0.2, 0.25) is 11.8 Å². The summed E-state index contributed by atoms with van der Waals surface area (Å²) in [6, 6.07) is 10.5. The number of carbonyl (C=O) groups is 4. The fourth-order valence-electron chi connectivity index (χ4n) is 4.73. The Kier molecular flexibility index (Phi) is 5.69. The van der Waals surface area contributed by atoms with Crippen LogP contribution in [0.5, 0.6) is 0 Å². The van der Waals surface area contributed by atoms with E-state index in [0.29, 0.717) is 35.3 Å². The van der Waals surface area contributed by atoms with Crippen molar-refractivity contribution in [1.82, 2.24) is 4.90 Å². The van der Waals surface area contributed by atoms with E-state index in [-0.39, 0.29) is 30.7 Å². The molecule has 0 radical (unpaired) electrons. The number of para-hydroxylation sites is 1. The fourth-order valence-corrected chi connectivity index (χ4v) is 4.73. The maximum absolute atomic E-state index is 13.3. The van der Waals surface area contributed by atoms with Crippen molar-refractivity contribution in [3.05, 3.63) is 58.7 Å². The maximum atomic E-state index is 13.3. The highest BCUT2D eigenvalue weighted by molar-refractivity contribution is 6.10. The number of rotatable bonds is 5. The average molecular weight is 450 g/mol. The van der Waals surface area contributed by atoms with Crippen LogP contribution in [0.1, 0.15) is 58.0 Å². The lowest BCUT2D eigenvalue weighted by molar-refractivity contribution is -0.117. The third-order valence-electron chi connectivity index (χ3n) is 6.66. The number of nitrogens with one attached hydrogen (secondary N) is 1. The molecule has 8 nitrogen and oxygen atoms in total. The second-order valence-electron chi connectivity index (χ2n) is 8.68. The van der Waals surface area contributed by atoms with E-state index in [1.807, 2.05) is 26.8 Å². The van der Waals surface area contributed by atoms with E-state index in [4.69, 9.17) is 4.74 Å². The highest BCUT2D eigenvalue weighted by Crippen LogP contribution is 2.44. The SMILES string of the molecule is COC(=O)c1cc(NC(=O)CCN2C(=O)c3ccccc3N3C(=O)CCC23C)cc(C)c1C. The summed E-state index contributed by atoms with van der Waals surface area (Å²) >= 11 is 0. The molecule has 2 aromatic rings. The second-order valence-corrected chi connectivity index (χ2v) is 8.68. The van der Waals surface area contributed by atoms with Crippen molar-refractivity contribution in [2.24, 2.45) is 0 Å². The van der Waals surface area contributed by atoms with Crippen LogP contribution in [-0.4, -0.2) is 47.9 Å². The molecule has 4 rings (SSSR count). The monoisotopic (exact) mass is 449 g/mol. The number of esters is 1. The molecule has 1 N–H and O–H groups in total. The smallest absolute Gasteiger partial charge is 0.338 e. The quantitative estimate of drug-likeness (QED) is 0.706. The zero-order chi connectivity index (χ0) is 23.9. The first-order chi connectivity index (χ1) is 15.7. The molecule has 2 aliphatic heterocycles. The van der Waals surface area contributed by atoms with Gasteiger partial charge in [-0.3, -0.25) is 19.3 Å².